The van der Waals surface area contributed by atoms with Crippen LogP contribution in [0.25, 0.3) is 0 Å². The minimum Gasteiger partial charge on any atom is -0.465 e. The fourth-order valence-electron chi connectivity index (χ4n) is 3.37. The molecular weight excluding hydrogens is 322 g/mol. The molecule has 1 heterocycles. The number of methoxy groups -OCH3 is 1. The van der Waals surface area contributed by atoms with E-state index in [2.05, 4.69) is 27.6 Å². The van der Waals surface area contributed by atoms with Crippen LogP contribution in [0.2, 0.25) is 0 Å². The summed E-state index contributed by atoms with van der Waals surface area (Å²) in [7, 11) is 1.34. The Morgan fingerprint density at radius 2 is 1.79 bits per heavy atom. The van der Waals surface area contributed by atoms with Crippen molar-refractivity contribution < 1.29 is 14.3 Å². The number of carbonyl (C=O) groups excluding carboxylic acids is 2. The Hall–Kier alpha value is -2.14. The lowest BCUT2D eigenvalue weighted by atomic mass is 9.84. The molecule has 0 spiro atoms. The Kier molecular flexibility index (Phi) is 5.00. The van der Waals surface area contributed by atoms with Crippen molar-refractivity contribution in [3.05, 3.63) is 57.8 Å². The van der Waals surface area contributed by atoms with E-state index >= 15 is 0 Å². The molecule has 0 radical (unpaired) electrons. The van der Waals surface area contributed by atoms with Crippen LogP contribution in [0.4, 0.5) is 0 Å². The van der Waals surface area contributed by atoms with Gasteiger partial charge in [0.2, 0.25) is 0 Å². The Bertz CT molecular complexity index is 701. The Morgan fingerprint density at radius 3 is 2.38 bits per heavy atom. The molecule has 0 unspecified atom stereocenters. The summed E-state index contributed by atoms with van der Waals surface area (Å²) in [6, 6.07) is 10.8. The lowest BCUT2D eigenvalue weighted by Crippen LogP contribution is -2.38. The van der Waals surface area contributed by atoms with Gasteiger partial charge in [-0.3, -0.25) is 4.79 Å². The largest absolute Gasteiger partial charge is 0.465 e. The second kappa shape index (κ2) is 7.18. The molecule has 1 aromatic heterocycles. The third kappa shape index (κ3) is 3.36. The van der Waals surface area contributed by atoms with E-state index in [0.717, 1.165) is 12.8 Å². The Morgan fingerprint density at radius 1 is 1.12 bits per heavy atom. The van der Waals surface area contributed by atoms with E-state index in [1.165, 1.54) is 24.8 Å². The molecule has 126 valence electrons. The highest BCUT2D eigenvalue weighted by Crippen LogP contribution is 2.42. The van der Waals surface area contributed by atoms with Crippen LogP contribution in [0, 0.1) is 0 Å². The van der Waals surface area contributed by atoms with Gasteiger partial charge < -0.3 is 10.1 Å². The first-order valence-corrected chi connectivity index (χ1v) is 9.03. The standard InChI is InChI=1S/C19H21NO3S/c1-23-18(22)15-8-6-14(7-9-15)17(21)20-13-19(10-2-3-11-19)16-5-4-12-24-16/h4-9,12H,2-3,10-11,13H2,1H3,(H,20,21). The highest BCUT2D eigenvalue weighted by Gasteiger charge is 2.36. The summed E-state index contributed by atoms with van der Waals surface area (Å²) in [6.45, 7) is 0.658. The number of esters is 1. The predicted octanol–water partition coefficient (Wildman–Crippen LogP) is 3.78. The smallest absolute Gasteiger partial charge is 0.337 e. The van der Waals surface area contributed by atoms with Crippen molar-refractivity contribution in [1.29, 1.82) is 0 Å². The third-order valence-corrected chi connectivity index (χ3v) is 5.88. The van der Waals surface area contributed by atoms with E-state index in [9.17, 15) is 9.59 Å². The van der Waals surface area contributed by atoms with Gasteiger partial charge in [-0.1, -0.05) is 18.9 Å². The average Bonchev–Trinajstić information content (AvgIpc) is 3.31. The highest BCUT2D eigenvalue weighted by atomic mass is 32.1. The maximum absolute atomic E-state index is 12.4. The molecule has 1 saturated carbocycles. The van der Waals surface area contributed by atoms with Crippen molar-refractivity contribution in [3.8, 4) is 0 Å². The molecule has 0 atom stereocenters. The summed E-state index contributed by atoms with van der Waals surface area (Å²) in [4.78, 5) is 25.2. The van der Waals surface area contributed by atoms with Crippen LogP contribution in [0.15, 0.2) is 41.8 Å². The second-order valence-electron chi connectivity index (χ2n) is 6.22. The summed E-state index contributed by atoms with van der Waals surface area (Å²) in [5.74, 6) is -0.501. The molecule has 0 saturated heterocycles. The number of thiophene rings is 1. The van der Waals surface area contributed by atoms with Crippen molar-refractivity contribution in [2.24, 2.45) is 0 Å². The van der Waals surface area contributed by atoms with Gasteiger partial charge in [-0.05, 0) is 48.6 Å². The van der Waals surface area contributed by atoms with E-state index in [1.807, 2.05) is 0 Å². The molecule has 1 aliphatic rings. The Labute approximate surface area is 145 Å². The van der Waals surface area contributed by atoms with Crippen molar-refractivity contribution in [2.45, 2.75) is 31.1 Å². The number of carbonyl (C=O) groups is 2. The molecule has 0 aliphatic heterocycles. The van der Waals surface area contributed by atoms with Crippen molar-refractivity contribution >= 4 is 23.2 Å². The molecule has 2 aromatic rings. The zero-order valence-electron chi connectivity index (χ0n) is 13.7. The Balaban J connectivity index is 1.67. The number of hydrogen-bond donors (Lipinski definition) is 1. The number of amides is 1. The average molecular weight is 343 g/mol. The second-order valence-corrected chi connectivity index (χ2v) is 7.16. The summed E-state index contributed by atoms with van der Waals surface area (Å²) < 4.78 is 4.67. The van der Waals surface area contributed by atoms with E-state index in [1.54, 1.807) is 35.6 Å². The van der Waals surface area contributed by atoms with Gasteiger partial charge in [0.1, 0.15) is 0 Å². The molecule has 1 aliphatic carbocycles. The topological polar surface area (TPSA) is 55.4 Å². The minimum absolute atomic E-state index is 0.0792. The van der Waals surface area contributed by atoms with Crippen LogP contribution < -0.4 is 5.32 Å². The van der Waals surface area contributed by atoms with Crippen molar-refractivity contribution in [2.75, 3.05) is 13.7 Å². The zero-order chi connectivity index (χ0) is 17.0. The van der Waals surface area contributed by atoms with Gasteiger partial charge in [0.25, 0.3) is 5.91 Å². The summed E-state index contributed by atoms with van der Waals surface area (Å²) in [6.07, 6.45) is 4.66. The van der Waals surface area contributed by atoms with E-state index in [4.69, 9.17) is 0 Å². The van der Waals surface area contributed by atoms with Crippen LogP contribution in [-0.4, -0.2) is 25.5 Å². The van der Waals surface area contributed by atoms with E-state index in [0.29, 0.717) is 17.7 Å². The zero-order valence-corrected chi connectivity index (χ0v) is 14.5. The third-order valence-electron chi connectivity index (χ3n) is 4.76. The molecule has 1 fully saturated rings. The van der Waals surface area contributed by atoms with Gasteiger partial charge in [0.15, 0.2) is 0 Å². The highest BCUT2D eigenvalue weighted by molar-refractivity contribution is 7.10. The molecule has 3 rings (SSSR count). The SMILES string of the molecule is COC(=O)c1ccc(C(=O)NCC2(c3cccs3)CCCC2)cc1. The lowest BCUT2D eigenvalue weighted by molar-refractivity contribution is 0.0600. The molecular formula is C19H21NO3S. The van der Waals surface area contributed by atoms with E-state index in [-0.39, 0.29) is 11.3 Å². The first kappa shape index (κ1) is 16.7. The normalized spacial score (nSPS) is 15.9. The summed E-state index contributed by atoms with van der Waals surface area (Å²) >= 11 is 1.77. The maximum Gasteiger partial charge on any atom is 0.337 e. The van der Waals surface area contributed by atoms with Gasteiger partial charge in [0.05, 0.1) is 12.7 Å². The van der Waals surface area contributed by atoms with Gasteiger partial charge in [-0.15, -0.1) is 11.3 Å². The number of nitrogens with one attached hydrogen (secondary N) is 1. The quantitative estimate of drug-likeness (QED) is 0.841. The fraction of sp³-hybridized carbons (Fsp3) is 0.368. The number of hydrogen-bond acceptors (Lipinski definition) is 4. The van der Waals surface area contributed by atoms with Crippen LogP contribution in [0.1, 0.15) is 51.3 Å². The monoisotopic (exact) mass is 343 g/mol. The fourth-order valence-corrected chi connectivity index (χ4v) is 4.36. The molecule has 1 aromatic carbocycles. The molecule has 4 nitrogen and oxygen atoms in total. The van der Waals surface area contributed by atoms with Crippen molar-refractivity contribution in [1.82, 2.24) is 5.32 Å². The van der Waals surface area contributed by atoms with Crippen LogP contribution >= 0.6 is 11.3 Å². The summed E-state index contributed by atoms with van der Waals surface area (Å²) in [5, 5.41) is 5.18. The predicted molar refractivity (Wildman–Crippen MR) is 94.6 cm³/mol. The molecule has 24 heavy (non-hydrogen) atoms. The number of rotatable bonds is 5. The van der Waals surface area contributed by atoms with Crippen LogP contribution in [0.3, 0.4) is 0 Å². The first-order valence-electron chi connectivity index (χ1n) is 8.15. The van der Waals surface area contributed by atoms with Gasteiger partial charge in [0, 0.05) is 22.4 Å². The summed E-state index contributed by atoms with van der Waals surface area (Å²) in [5.41, 5.74) is 1.08. The maximum atomic E-state index is 12.4. The number of benzene rings is 1. The minimum atomic E-state index is -0.399. The van der Waals surface area contributed by atoms with Crippen molar-refractivity contribution in [3.63, 3.8) is 0 Å². The molecule has 1 amide bonds. The van der Waals surface area contributed by atoms with E-state index < -0.39 is 5.97 Å². The van der Waals surface area contributed by atoms with Gasteiger partial charge in [-0.25, -0.2) is 4.79 Å². The van der Waals surface area contributed by atoms with Gasteiger partial charge >= 0.3 is 5.97 Å². The molecule has 0 bridgehead atoms. The molecule has 1 N–H and O–H groups in total. The lowest BCUT2D eigenvalue weighted by Gasteiger charge is -2.28. The molecule has 5 heteroatoms. The van der Waals surface area contributed by atoms with Gasteiger partial charge in [-0.2, -0.15) is 0 Å². The van der Waals surface area contributed by atoms with Crippen LogP contribution in [0.5, 0.6) is 0 Å². The van der Waals surface area contributed by atoms with Crippen LogP contribution in [-0.2, 0) is 10.2 Å². The number of ether oxygens (including phenoxy) is 1. The first-order chi connectivity index (χ1) is 11.6.